The molecule has 5 nitrogen and oxygen atoms in total. The van der Waals surface area contributed by atoms with Crippen molar-refractivity contribution in [1.29, 1.82) is 0 Å². The third-order valence-corrected chi connectivity index (χ3v) is 2.94. The van der Waals surface area contributed by atoms with Crippen LogP contribution in [0.25, 0.3) is 0 Å². The molecule has 1 heterocycles. The van der Waals surface area contributed by atoms with Crippen LogP contribution in [0.15, 0.2) is 0 Å². The maximum absolute atomic E-state index is 11.5. The van der Waals surface area contributed by atoms with Crippen LogP contribution < -0.4 is 10.6 Å². The van der Waals surface area contributed by atoms with E-state index >= 15 is 0 Å². The molecule has 1 aliphatic rings. The highest BCUT2D eigenvalue weighted by molar-refractivity contribution is 5.76. The Hall–Kier alpha value is -0.650. The molecule has 0 aromatic heterocycles. The topological polar surface area (TPSA) is 70.6 Å². The van der Waals surface area contributed by atoms with Gasteiger partial charge in [0, 0.05) is 51.6 Å². The SMILES string of the molecule is CC(C)NCCC(=O)NCC1(O)CCOCC1. The minimum atomic E-state index is -0.778. The van der Waals surface area contributed by atoms with E-state index in [-0.39, 0.29) is 5.91 Å². The Morgan fingerprint density at radius 1 is 1.41 bits per heavy atom. The first-order chi connectivity index (χ1) is 8.02. The summed E-state index contributed by atoms with van der Waals surface area (Å²) in [4.78, 5) is 11.5. The first kappa shape index (κ1) is 14.4. The van der Waals surface area contributed by atoms with Gasteiger partial charge in [0.2, 0.25) is 5.91 Å². The molecule has 1 rings (SSSR count). The van der Waals surface area contributed by atoms with Gasteiger partial charge < -0.3 is 20.5 Å². The lowest BCUT2D eigenvalue weighted by atomic mass is 9.94. The highest BCUT2D eigenvalue weighted by Crippen LogP contribution is 2.19. The van der Waals surface area contributed by atoms with Gasteiger partial charge in [-0.05, 0) is 0 Å². The Morgan fingerprint density at radius 2 is 2.06 bits per heavy atom. The molecule has 5 heteroatoms. The van der Waals surface area contributed by atoms with E-state index in [2.05, 4.69) is 10.6 Å². The van der Waals surface area contributed by atoms with Crippen LogP contribution in [-0.4, -0.2) is 49.0 Å². The van der Waals surface area contributed by atoms with E-state index in [1.165, 1.54) is 0 Å². The molecule has 0 spiro atoms. The van der Waals surface area contributed by atoms with Crippen molar-refractivity contribution < 1.29 is 14.6 Å². The van der Waals surface area contributed by atoms with E-state index < -0.39 is 5.60 Å². The molecule has 0 aromatic carbocycles. The van der Waals surface area contributed by atoms with E-state index in [0.717, 1.165) is 0 Å². The van der Waals surface area contributed by atoms with Crippen molar-refractivity contribution in [3.05, 3.63) is 0 Å². The second kappa shape index (κ2) is 6.93. The summed E-state index contributed by atoms with van der Waals surface area (Å²) in [6.45, 7) is 6.23. The maximum atomic E-state index is 11.5. The average molecular weight is 244 g/mol. The molecule has 0 saturated carbocycles. The summed E-state index contributed by atoms with van der Waals surface area (Å²) in [5, 5.41) is 16.1. The molecule has 0 aromatic rings. The second-order valence-electron chi connectivity index (χ2n) is 4.97. The van der Waals surface area contributed by atoms with Crippen LogP contribution >= 0.6 is 0 Å². The molecule has 0 atom stereocenters. The summed E-state index contributed by atoms with van der Waals surface area (Å²) in [6, 6.07) is 0.391. The average Bonchev–Trinajstić information content (AvgIpc) is 2.27. The molecule has 1 amide bonds. The van der Waals surface area contributed by atoms with Gasteiger partial charge in [0.25, 0.3) is 0 Å². The smallest absolute Gasteiger partial charge is 0.221 e. The van der Waals surface area contributed by atoms with Crippen LogP contribution in [0.5, 0.6) is 0 Å². The van der Waals surface area contributed by atoms with E-state index in [4.69, 9.17) is 4.74 Å². The minimum absolute atomic E-state index is 0.0157. The van der Waals surface area contributed by atoms with Crippen LogP contribution in [0, 0.1) is 0 Å². The van der Waals surface area contributed by atoms with Crippen molar-refractivity contribution in [2.75, 3.05) is 26.3 Å². The van der Waals surface area contributed by atoms with Crippen LogP contribution in [-0.2, 0) is 9.53 Å². The Kier molecular flexibility index (Phi) is 5.88. The molecule has 17 heavy (non-hydrogen) atoms. The van der Waals surface area contributed by atoms with Crippen molar-refractivity contribution in [3.8, 4) is 0 Å². The van der Waals surface area contributed by atoms with Gasteiger partial charge in [-0.25, -0.2) is 0 Å². The largest absolute Gasteiger partial charge is 0.388 e. The molecular formula is C12H24N2O3. The summed E-state index contributed by atoms with van der Waals surface area (Å²) in [5.74, 6) is -0.0157. The maximum Gasteiger partial charge on any atom is 0.221 e. The Labute approximate surface area is 103 Å². The van der Waals surface area contributed by atoms with Gasteiger partial charge in [0.05, 0.1) is 5.60 Å². The fourth-order valence-corrected chi connectivity index (χ4v) is 1.75. The van der Waals surface area contributed by atoms with Crippen molar-refractivity contribution in [3.63, 3.8) is 0 Å². The molecule has 1 saturated heterocycles. The fraction of sp³-hybridized carbons (Fsp3) is 0.917. The van der Waals surface area contributed by atoms with Crippen LogP contribution in [0.1, 0.15) is 33.1 Å². The number of ether oxygens (including phenoxy) is 1. The normalized spacial score (nSPS) is 19.3. The quantitative estimate of drug-likeness (QED) is 0.616. The zero-order valence-electron chi connectivity index (χ0n) is 10.8. The number of carbonyl (C=O) groups excluding carboxylic acids is 1. The minimum Gasteiger partial charge on any atom is -0.388 e. The van der Waals surface area contributed by atoms with Crippen LogP contribution in [0.4, 0.5) is 0 Å². The first-order valence-electron chi connectivity index (χ1n) is 6.32. The molecule has 0 bridgehead atoms. The number of nitrogens with one attached hydrogen (secondary N) is 2. The lowest BCUT2D eigenvalue weighted by Gasteiger charge is -2.32. The fourth-order valence-electron chi connectivity index (χ4n) is 1.75. The predicted molar refractivity (Wildman–Crippen MR) is 65.8 cm³/mol. The van der Waals surface area contributed by atoms with Gasteiger partial charge in [0.15, 0.2) is 0 Å². The van der Waals surface area contributed by atoms with Gasteiger partial charge in [-0.15, -0.1) is 0 Å². The van der Waals surface area contributed by atoms with Gasteiger partial charge in [-0.3, -0.25) is 4.79 Å². The van der Waals surface area contributed by atoms with Crippen LogP contribution in [0.2, 0.25) is 0 Å². The van der Waals surface area contributed by atoms with Crippen molar-refractivity contribution in [2.24, 2.45) is 0 Å². The number of carbonyl (C=O) groups is 1. The second-order valence-corrected chi connectivity index (χ2v) is 4.97. The van der Waals surface area contributed by atoms with Gasteiger partial charge in [-0.1, -0.05) is 13.8 Å². The molecular weight excluding hydrogens is 220 g/mol. The van der Waals surface area contributed by atoms with Crippen LogP contribution in [0.3, 0.4) is 0 Å². The number of rotatable bonds is 6. The summed E-state index contributed by atoms with van der Waals surface area (Å²) in [7, 11) is 0. The van der Waals surface area contributed by atoms with Crippen molar-refractivity contribution in [2.45, 2.75) is 44.8 Å². The zero-order valence-corrected chi connectivity index (χ0v) is 10.8. The number of hydrogen-bond acceptors (Lipinski definition) is 4. The third kappa shape index (κ3) is 6.00. The monoisotopic (exact) mass is 244 g/mol. The van der Waals surface area contributed by atoms with Crippen molar-refractivity contribution in [1.82, 2.24) is 10.6 Å². The molecule has 1 aliphatic heterocycles. The van der Waals surface area contributed by atoms with E-state index in [9.17, 15) is 9.90 Å². The summed E-state index contributed by atoms with van der Waals surface area (Å²) in [5.41, 5.74) is -0.778. The predicted octanol–water partition coefficient (Wildman–Crippen LogP) is 0.0322. The Bertz CT molecular complexity index is 238. The zero-order chi connectivity index (χ0) is 12.7. The standard InChI is InChI=1S/C12H24N2O3/c1-10(2)13-6-3-11(15)14-9-12(16)4-7-17-8-5-12/h10,13,16H,3-9H2,1-2H3,(H,14,15). The van der Waals surface area contributed by atoms with E-state index in [1.807, 2.05) is 13.8 Å². The molecule has 0 unspecified atom stereocenters. The highest BCUT2D eigenvalue weighted by atomic mass is 16.5. The van der Waals surface area contributed by atoms with Crippen molar-refractivity contribution >= 4 is 5.91 Å². The van der Waals surface area contributed by atoms with Gasteiger partial charge >= 0.3 is 0 Å². The Balaban J connectivity index is 2.14. The van der Waals surface area contributed by atoms with E-state index in [0.29, 0.717) is 51.6 Å². The number of amides is 1. The van der Waals surface area contributed by atoms with Gasteiger partial charge in [-0.2, -0.15) is 0 Å². The first-order valence-corrected chi connectivity index (χ1v) is 6.32. The van der Waals surface area contributed by atoms with E-state index in [1.54, 1.807) is 0 Å². The van der Waals surface area contributed by atoms with Gasteiger partial charge in [0.1, 0.15) is 0 Å². The molecule has 100 valence electrons. The molecule has 0 aliphatic carbocycles. The molecule has 1 fully saturated rings. The Morgan fingerprint density at radius 3 is 2.65 bits per heavy atom. The lowest BCUT2D eigenvalue weighted by molar-refractivity contribution is -0.123. The number of hydrogen-bond donors (Lipinski definition) is 3. The highest BCUT2D eigenvalue weighted by Gasteiger charge is 2.29. The summed E-state index contributed by atoms with van der Waals surface area (Å²) in [6.07, 6.45) is 1.64. The number of aliphatic hydroxyl groups is 1. The summed E-state index contributed by atoms with van der Waals surface area (Å²) >= 11 is 0. The molecule has 0 radical (unpaired) electrons. The molecule has 3 N–H and O–H groups in total. The third-order valence-electron chi connectivity index (χ3n) is 2.94. The lowest BCUT2D eigenvalue weighted by Crippen LogP contribution is -2.47. The summed E-state index contributed by atoms with van der Waals surface area (Å²) < 4.78 is 5.18.